The quantitative estimate of drug-likeness (QED) is 0.200. The third kappa shape index (κ3) is 7.69. The maximum absolute atomic E-state index is 3.53. The molecule has 1 aromatic heterocycles. The van der Waals surface area contributed by atoms with E-state index in [0.717, 1.165) is 6.42 Å². The van der Waals surface area contributed by atoms with Crippen LogP contribution in [0.25, 0.3) is 16.7 Å². The van der Waals surface area contributed by atoms with Crippen LogP contribution in [-0.2, 0) is 41.5 Å². The molecule has 3 aromatic rings. The van der Waals surface area contributed by atoms with E-state index in [1.807, 2.05) is 0 Å². The van der Waals surface area contributed by atoms with Crippen LogP contribution >= 0.6 is 11.3 Å². The number of thiophene rings is 1. The van der Waals surface area contributed by atoms with Crippen LogP contribution in [0.4, 0.5) is 0 Å². The second kappa shape index (κ2) is 11.8. The van der Waals surface area contributed by atoms with E-state index in [-0.39, 0.29) is 10.8 Å². The van der Waals surface area contributed by atoms with Crippen molar-refractivity contribution in [3.63, 3.8) is 0 Å². The molecule has 0 spiro atoms. The molecule has 1 unspecified atom stereocenters. The zero-order valence-electron chi connectivity index (χ0n) is 23.5. The van der Waals surface area contributed by atoms with E-state index in [0.29, 0.717) is 5.92 Å². The molecule has 36 heavy (non-hydrogen) atoms. The van der Waals surface area contributed by atoms with Crippen molar-refractivity contribution in [3.05, 3.63) is 99.3 Å². The van der Waals surface area contributed by atoms with E-state index < -0.39 is 0 Å². The van der Waals surface area contributed by atoms with Gasteiger partial charge in [-0.2, -0.15) is 58.4 Å². The molecule has 2 heteroatoms. The van der Waals surface area contributed by atoms with Gasteiger partial charge in [-0.1, -0.05) is 101 Å². The fourth-order valence-electron chi connectivity index (χ4n) is 4.16. The molecule has 0 saturated heterocycles. The summed E-state index contributed by atoms with van der Waals surface area (Å²) in [6.45, 7) is 20.0. The van der Waals surface area contributed by atoms with E-state index in [9.17, 15) is 0 Å². The fraction of sp³-hybridized carbons (Fsp3) is 0.382. The van der Waals surface area contributed by atoms with Crippen LogP contribution in [0.15, 0.2) is 59.3 Å². The predicted molar refractivity (Wildman–Crippen MR) is 157 cm³/mol. The third-order valence-corrected chi connectivity index (χ3v) is 6.98. The molecule has 0 nitrogen and oxygen atoms in total. The molecule has 0 aliphatic heterocycles. The molecular formula is C34H40SZr. The van der Waals surface area contributed by atoms with Crippen LogP contribution in [0.3, 0.4) is 0 Å². The minimum absolute atomic E-state index is 0.177. The summed E-state index contributed by atoms with van der Waals surface area (Å²) in [6, 6.07) is 17.2. The molecule has 1 heterocycles. The molecule has 5 rings (SSSR count). The van der Waals surface area contributed by atoms with Crippen molar-refractivity contribution < 1.29 is 24.2 Å². The third-order valence-electron chi connectivity index (χ3n) is 6.29. The molecule has 2 aliphatic rings. The Kier molecular flexibility index (Phi) is 9.51. The summed E-state index contributed by atoms with van der Waals surface area (Å²) in [5.41, 5.74) is 11.3. The summed E-state index contributed by atoms with van der Waals surface area (Å²) in [4.78, 5) is 0. The first-order valence-electron chi connectivity index (χ1n) is 12.8. The molecule has 0 radical (unpaired) electrons. The first-order chi connectivity index (χ1) is 16.8. The molecular weight excluding hydrogens is 532 g/mol. The van der Waals surface area contributed by atoms with Crippen LogP contribution in [0, 0.1) is 18.1 Å². The molecule has 0 amide bonds. The molecule has 186 valence electrons. The average Bonchev–Trinajstić information content (AvgIpc) is 3.51. The number of fused-ring (bicyclic) bond motifs is 3. The van der Waals surface area contributed by atoms with Gasteiger partial charge >= 0.3 is 41.3 Å². The second-order valence-corrected chi connectivity index (χ2v) is 15.3. The van der Waals surface area contributed by atoms with E-state index in [1.54, 1.807) is 35.6 Å². The van der Waals surface area contributed by atoms with E-state index in [1.165, 1.54) is 47.7 Å². The minimum atomic E-state index is 0.177. The zero-order chi connectivity index (χ0) is 26.7. The van der Waals surface area contributed by atoms with Crippen LogP contribution in [0.2, 0.25) is 0 Å². The topological polar surface area (TPSA) is 0 Å². The summed E-state index contributed by atoms with van der Waals surface area (Å²) in [5.74, 6) is 0.491. The van der Waals surface area contributed by atoms with E-state index in [4.69, 9.17) is 0 Å². The Labute approximate surface area is 238 Å². The molecule has 1 atom stereocenters. The predicted octanol–water partition coefficient (Wildman–Crippen LogP) is 9.54. The van der Waals surface area contributed by atoms with Crippen molar-refractivity contribution >= 4 is 20.1 Å². The maximum atomic E-state index is 3.53. The van der Waals surface area contributed by atoms with Crippen molar-refractivity contribution in [2.45, 2.75) is 79.6 Å². The van der Waals surface area contributed by atoms with Crippen LogP contribution in [0.5, 0.6) is 0 Å². The van der Waals surface area contributed by atoms with Crippen molar-refractivity contribution in [2.75, 3.05) is 0 Å². The summed E-state index contributed by atoms with van der Waals surface area (Å²) < 4.78 is 1.51. The Morgan fingerprint density at radius 1 is 0.944 bits per heavy atom. The SMILES string of the molecule is CC(C)(C)c1c[c-]c2c(c1)-c1cc(C(C)(C)C)ccc1C2.CC1[C-]=C(c2ccsc2)C=C1.C[C](C)=[Zr+2]. The first kappa shape index (κ1) is 28.9. The standard InChI is InChI=1S/C21H25.C10H9S.C3H6.Zr/c1-20(2,3)16-9-7-14-11-15-8-10-17(21(4,5)6)13-19(15)18(14)12-16;1-8-2-3-9(6-8)10-4-5-11-7-10;1-3-2;/h7,9-10,12-13H,11H2,1-6H3;2-5,7-8H,1H3;1-2H3;/q2*-1;;+2. The van der Waals surface area contributed by atoms with Gasteiger partial charge in [-0.25, -0.2) is 0 Å². The van der Waals surface area contributed by atoms with Gasteiger partial charge in [0.25, 0.3) is 0 Å². The Hall–Kier alpha value is -1.63. The second-order valence-electron chi connectivity index (χ2n) is 12.0. The Balaban J connectivity index is 0.000000200. The van der Waals surface area contributed by atoms with Crippen LogP contribution in [0.1, 0.15) is 90.1 Å². The monoisotopic (exact) mass is 570 g/mol. The Morgan fingerprint density at radius 2 is 1.58 bits per heavy atom. The molecule has 2 aliphatic carbocycles. The normalized spacial score (nSPS) is 15.8. The average molecular weight is 572 g/mol. The van der Waals surface area contributed by atoms with Gasteiger partial charge < -0.3 is 0 Å². The van der Waals surface area contributed by atoms with Gasteiger partial charge in [0.15, 0.2) is 0 Å². The van der Waals surface area contributed by atoms with Crippen molar-refractivity contribution in [2.24, 2.45) is 5.92 Å². The van der Waals surface area contributed by atoms with Gasteiger partial charge in [0.1, 0.15) is 0 Å². The van der Waals surface area contributed by atoms with Crippen molar-refractivity contribution in [1.82, 2.24) is 0 Å². The Bertz CT molecular complexity index is 1190. The molecule has 2 aromatic carbocycles. The van der Waals surface area contributed by atoms with Crippen molar-refractivity contribution in [3.8, 4) is 11.1 Å². The van der Waals surface area contributed by atoms with Gasteiger partial charge in [-0.15, -0.1) is 17.2 Å². The Morgan fingerprint density at radius 3 is 2.11 bits per heavy atom. The number of rotatable bonds is 1. The summed E-state index contributed by atoms with van der Waals surface area (Å²) >= 11 is 3.29. The number of benzene rings is 2. The van der Waals surface area contributed by atoms with Crippen LogP contribution < -0.4 is 0 Å². The van der Waals surface area contributed by atoms with E-state index >= 15 is 0 Å². The fourth-order valence-corrected chi connectivity index (χ4v) is 4.82. The molecule has 0 saturated carbocycles. The van der Waals surface area contributed by atoms with Crippen LogP contribution in [-0.4, -0.2) is 3.21 Å². The number of hydrogen-bond acceptors (Lipinski definition) is 1. The van der Waals surface area contributed by atoms with Gasteiger partial charge in [0.05, 0.1) is 0 Å². The first-order valence-corrected chi connectivity index (χ1v) is 15.0. The summed E-state index contributed by atoms with van der Waals surface area (Å²) in [7, 11) is 0. The zero-order valence-corrected chi connectivity index (χ0v) is 26.7. The van der Waals surface area contributed by atoms with E-state index in [2.05, 4.69) is 134 Å². The van der Waals surface area contributed by atoms with Gasteiger partial charge in [0.2, 0.25) is 0 Å². The molecule has 0 N–H and O–H groups in total. The van der Waals surface area contributed by atoms with Gasteiger partial charge in [-0.05, 0) is 22.8 Å². The number of hydrogen-bond donors (Lipinski definition) is 0. The summed E-state index contributed by atoms with van der Waals surface area (Å²) in [6.07, 6.45) is 8.71. The molecule has 0 fully saturated rings. The van der Waals surface area contributed by atoms with Gasteiger partial charge in [-0.3, -0.25) is 0 Å². The number of allylic oxidation sites excluding steroid dienone is 4. The van der Waals surface area contributed by atoms with Crippen molar-refractivity contribution in [1.29, 1.82) is 0 Å². The van der Waals surface area contributed by atoms with Gasteiger partial charge in [0, 0.05) is 0 Å². The molecule has 0 bridgehead atoms. The summed E-state index contributed by atoms with van der Waals surface area (Å²) in [5, 5.41) is 4.26.